The number of nitrogens with zero attached hydrogens (tertiary/aromatic N) is 2. The van der Waals surface area contributed by atoms with Gasteiger partial charge < -0.3 is 9.84 Å². The number of carbonyl (C=O) groups is 1. The van der Waals surface area contributed by atoms with Crippen LogP contribution >= 0.6 is 15.9 Å². The van der Waals surface area contributed by atoms with Gasteiger partial charge in [0.25, 0.3) is 0 Å². The highest BCUT2D eigenvalue weighted by molar-refractivity contribution is 9.10. The van der Waals surface area contributed by atoms with Gasteiger partial charge in [0.2, 0.25) is 0 Å². The first-order valence-corrected chi connectivity index (χ1v) is 6.21. The third-order valence-corrected chi connectivity index (χ3v) is 2.98. The minimum absolute atomic E-state index is 0.642. The van der Waals surface area contributed by atoms with Crippen molar-refractivity contribution in [2.24, 2.45) is 7.05 Å². The Labute approximate surface area is 118 Å². The van der Waals surface area contributed by atoms with Crippen molar-refractivity contribution in [2.75, 3.05) is 0 Å². The SMILES string of the molecule is Cn1cc(Oc2ccc(/C=C/C(=O)O)c(Br)c2)cn1. The van der Waals surface area contributed by atoms with Crippen molar-refractivity contribution < 1.29 is 14.6 Å². The lowest BCUT2D eigenvalue weighted by Crippen LogP contribution is -1.87. The van der Waals surface area contributed by atoms with Crippen LogP contribution in [0.1, 0.15) is 5.56 Å². The summed E-state index contributed by atoms with van der Waals surface area (Å²) in [6, 6.07) is 5.31. The molecule has 0 aliphatic heterocycles. The quantitative estimate of drug-likeness (QED) is 0.878. The second-order valence-corrected chi connectivity index (χ2v) is 4.66. The van der Waals surface area contributed by atoms with Crippen LogP contribution in [0, 0.1) is 0 Å². The standard InChI is InChI=1S/C13H11BrN2O3/c1-16-8-11(7-15-16)19-10-4-2-9(12(14)6-10)3-5-13(17)18/h2-8H,1H3,(H,17,18)/b5-3+. The van der Waals surface area contributed by atoms with Crippen molar-refractivity contribution in [3.8, 4) is 11.5 Å². The topological polar surface area (TPSA) is 64.3 Å². The lowest BCUT2D eigenvalue weighted by Gasteiger charge is -2.05. The molecule has 0 atom stereocenters. The number of carboxylic acids is 1. The highest BCUT2D eigenvalue weighted by Crippen LogP contribution is 2.27. The minimum atomic E-state index is -0.984. The van der Waals surface area contributed by atoms with E-state index in [1.807, 2.05) is 7.05 Å². The Kier molecular flexibility index (Phi) is 4.01. The fourth-order valence-electron chi connectivity index (χ4n) is 1.46. The first-order chi connectivity index (χ1) is 9.04. The number of ether oxygens (including phenoxy) is 1. The van der Waals surface area contributed by atoms with Gasteiger partial charge in [-0.15, -0.1) is 0 Å². The summed E-state index contributed by atoms with van der Waals surface area (Å²) in [5.41, 5.74) is 0.765. The molecule has 0 unspecified atom stereocenters. The molecule has 0 fully saturated rings. The van der Waals surface area contributed by atoms with Crippen molar-refractivity contribution in [1.82, 2.24) is 9.78 Å². The number of aliphatic carboxylic acids is 1. The van der Waals surface area contributed by atoms with Gasteiger partial charge in [0.05, 0.1) is 12.4 Å². The summed E-state index contributed by atoms with van der Waals surface area (Å²) in [5.74, 6) is 0.304. The zero-order chi connectivity index (χ0) is 13.8. The van der Waals surface area contributed by atoms with Gasteiger partial charge in [-0.3, -0.25) is 4.68 Å². The van der Waals surface area contributed by atoms with Gasteiger partial charge in [0.1, 0.15) is 5.75 Å². The van der Waals surface area contributed by atoms with E-state index in [0.29, 0.717) is 11.5 Å². The Balaban J connectivity index is 2.16. The van der Waals surface area contributed by atoms with Gasteiger partial charge in [-0.25, -0.2) is 4.79 Å². The molecule has 1 N–H and O–H groups in total. The lowest BCUT2D eigenvalue weighted by atomic mass is 10.2. The highest BCUT2D eigenvalue weighted by atomic mass is 79.9. The van der Waals surface area contributed by atoms with Crippen molar-refractivity contribution >= 4 is 28.0 Å². The summed E-state index contributed by atoms with van der Waals surface area (Å²) < 4.78 is 8.01. The average Bonchev–Trinajstić information content (AvgIpc) is 2.73. The van der Waals surface area contributed by atoms with E-state index in [2.05, 4.69) is 21.0 Å². The van der Waals surface area contributed by atoms with E-state index >= 15 is 0 Å². The zero-order valence-electron chi connectivity index (χ0n) is 10.1. The van der Waals surface area contributed by atoms with Gasteiger partial charge in [0, 0.05) is 17.6 Å². The van der Waals surface area contributed by atoms with Crippen LogP contribution in [0.5, 0.6) is 11.5 Å². The Morgan fingerprint density at radius 3 is 2.84 bits per heavy atom. The van der Waals surface area contributed by atoms with E-state index < -0.39 is 5.97 Å². The van der Waals surface area contributed by atoms with Crippen LogP contribution in [0.3, 0.4) is 0 Å². The maximum atomic E-state index is 10.5. The maximum absolute atomic E-state index is 10.5. The molecule has 1 aromatic heterocycles. The summed E-state index contributed by atoms with van der Waals surface area (Å²) in [6.45, 7) is 0. The number of carboxylic acid groups (broad SMARTS) is 1. The van der Waals surface area contributed by atoms with Gasteiger partial charge in [-0.2, -0.15) is 5.10 Å². The van der Waals surface area contributed by atoms with Gasteiger partial charge in [-0.05, 0) is 23.8 Å². The number of benzene rings is 1. The van der Waals surface area contributed by atoms with E-state index in [9.17, 15) is 4.79 Å². The van der Waals surface area contributed by atoms with Gasteiger partial charge in [-0.1, -0.05) is 22.0 Å². The molecule has 19 heavy (non-hydrogen) atoms. The molecule has 0 amide bonds. The first-order valence-electron chi connectivity index (χ1n) is 5.41. The molecule has 0 aliphatic rings. The van der Waals surface area contributed by atoms with Gasteiger partial charge >= 0.3 is 5.97 Å². The van der Waals surface area contributed by atoms with Crippen molar-refractivity contribution in [2.45, 2.75) is 0 Å². The molecule has 0 radical (unpaired) electrons. The predicted molar refractivity (Wildman–Crippen MR) is 74.1 cm³/mol. The van der Waals surface area contributed by atoms with Crippen molar-refractivity contribution in [3.63, 3.8) is 0 Å². The van der Waals surface area contributed by atoms with Crippen LogP contribution in [0.25, 0.3) is 6.08 Å². The summed E-state index contributed by atoms with van der Waals surface area (Å²) in [6.07, 6.45) is 5.97. The zero-order valence-corrected chi connectivity index (χ0v) is 11.7. The van der Waals surface area contributed by atoms with E-state index in [4.69, 9.17) is 9.84 Å². The van der Waals surface area contributed by atoms with Crippen LogP contribution in [-0.2, 0) is 11.8 Å². The molecule has 98 valence electrons. The minimum Gasteiger partial charge on any atom is -0.478 e. The molecule has 0 bridgehead atoms. The second-order valence-electron chi connectivity index (χ2n) is 3.81. The van der Waals surface area contributed by atoms with Crippen molar-refractivity contribution in [1.29, 1.82) is 0 Å². The highest BCUT2D eigenvalue weighted by Gasteiger charge is 2.03. The molecule has 2 aromatic rings. The fraction of sp³-hybridized carbons (Fsp3) is 0.0769. The molecule has 6 heteroatoms. The van der Waals surface area contributed by atoms with Crippen molar-refractivity contribution in [3.05, 3.63) is 46.7 Å². The number of aromatic nitrogens is 2. The van der Waals surface area contributed by atoms with Crippen LogP contribution in [0.2, 0.25) is 0 Å². The van der Waals surface area contributed by atoms with Crippen LogP contribution in [0.4, 0.5) is 0 Å². The molecule has 0 saturated carbocycles. The molecule has 2 rings (SSSR count). The number of hydrogen-bond acceptors (Lipinski definition) is 3. The van der Waals surface area contributed by atoms with Crippen LogP contribution < -0.4 is 4.74 Å². The number of halogens is 1. The third-order valence-electron chi connectivity index (χ3n) is 2.29. The monoisotopic (exact) mass is 322 g/mol. The van der Waals surface area contributed by atoms with Crippen LogP contribution in [-0.4, -0.2) is 20.9 Å². The fourth-order valence-corrected chi connectivity index (χ4v) is 1.95. The summed E-state index contributed by atoms with van der Waals surface area (Å²) in [7, 11) is 1.81. The Morgan fingerprint density at radius 2 is 2.26 bits per heavy atom. The summed E-state index contributed by atoms with van der Waals surface area (Å²) in [4.78, 5) is 10.5. The number of hydrogen-bond donors (Lipinski definition) is 1. The number of aryl methyl sites for hydroxylation is 1. The molecule has 5 nitrogen and oxygen atoms in total. The first kappa shape index (κ1) is 13.4. The Bertz CT molecular complexity index is 635. The van der Waals surface area contributed by atoms with E-state index in [1.54, 1.807) is 35.3 Å². The Morgan fingerprint density at radius 1 is 1.47 bits per heavy atom. The van der Waals surface area contributed by atoms with Crippen LogP contribution in [0.15, 0.2) is 41.1 Å². The average molecular weight is 323 g/mol. The smallest absolute Gasteiger partial charge is 0.328 e. The Hall–Kier alpha value is -2.08. The van der Waals surface area contributed by atoms with E-state index in [1.165, 1.54) is 6.08 Å². The molecular formula is C13H11BrN2O3. The molecule has 0 aliphatic carbocycles. The van der Waals surface area contributed by atoms with E-state index in [-0.39, 0.29) is 0 Å². The second kappa shape index (κ2) is 5.71. The third kappa shape index (κ3) is 3.69. The molecule has 1 aromatic carbocycles. The maximum Gasteiger partial charge on any atom is 0.328 e. The largest absolute Gasteiger partial charge is 0.478 e. The van der Waals surface area contributed by atoms with E-state index in [0.717, 1.165) is 16.1 Å². The lowest BCUT2D eigenvalue weighted by molar-refractivity contribution is -0.131. The van der Waals surface area contributed by atoms with Gasteiger partial charge in [0.15, 0.2) is 5.75 Å². The molecule has 0 spiro atoms. The summed E-state index contributed by atoms with van der Waals surface area (Å²) in [5, 5.41) is 12.6. The molecule has 1 heterocycles. The molecule has 0 saturated heterocycles. The number of rotatable bonds is 4. The summed E-state index contributed by atoms with van der Waals surface area (Å²) >= 11 is 3.37. The normalized spacial score (nSPS) is 10.8. The predicted octanol–water partition coefficient (Wildman–Crippen LogP) is 3.07. The molecular weight excluding hydrogens is 312 g/mol.